The molecule has 1 saturated carbocycles. The van der Waals surface area contributed by atoms with E-state index in [4.69, 9.17) is 0 Å². The van der Waals surface area contributed by atoms with Crippen molar-refractivity contribution < 1.29 is 5.11 Å². The molecule has 1 unspecified atom stereocenters. The molecule has 0 spiro atoms. The number of aliphatic hydroxyl groups excluding tert-OH is 1. The average molecular weight is 197 g/mol. The van der Waals surface area contributed by atoms with E-state index in [9.17, 15) is 5.11 Å². The third kappa shape index (κ3) is 2.12. The van der Waals surface area contributed by atoms with Crippen molar-refractivity contribution >= 4 is 0 Å². The van der Waals surface area contributed by atoms with Crippen LogP contribution in [-0.4, -0.2) is 34.7 Å². The molecular formula is C12H23NO. The van der Waals surface area contributed by atoms with Crippen LogP contribution in [0.15, 0.2) is 0 Å². The zero-order valence-corrected chi connectivity index (χ0v) is 9.50. The van der Waals surface area contributed by atoms with Crippen LogP contribution in [0.4, 0.5) is 0 Å². The van der Waals surface area contributed by atoms with Gasteiger partial charge < -0.3 is 5.11 Å². The van der Waals surface area contributed by atoms with Crippen LogP contribution in [0, 0.1) is 5.92 Å². The summed E-state index contributed by atoms with van der Waals surface area (Å²) in [4.78, 5) is 2.46. The van der Waals surface area contributed by atoms with Crippen molar-refractivity contribution in [1.82, 2.24) is 4.90 Å². The van der Waals surface area contributed by atoms with E-state index in [0.29, 0.717) is 0 Å². The minimum atomic E-state index is -0.131. The highest BCUT2D eigenvalue weighted by Gasteiger charge is 2.38. The van der Waals surface area contributed by atoms with Crippen molar-refractivity contribution in [2.24, 2.45) is 5.92 Å². The first-order valence-electron chi connectivity index (χ1n) is 6.04. The second kappa shape index (κ2) is 3.82. The van der Waals surface area contributed by atoms with E-state index in [0.717, 1.165) is 12.3 Å². The van der Waals surface area contributed by atoms with Crippen LogP contribution in [0.2, 0.25) is 0 Å². The maximum absolute atomic E-state index is 10.2. The molecule has 1 aliphatic heterocycles. The topological polar surface area (TPSA) is 23.5 Å². The summed E-state index contributed by atoms with van der Waals surface area (Å²) in [6, 6.07) is 0. The molecule has 2 nitrogen and oxygen atoms in total. The molecule has 14 heavy (non-hydrogen) atoms. The summed E-state index contributed by atoms with van der Waals surface area (Å²) in [6.45, 7) is 6.75. The van der Waals surface area contributed by atoms with Crippen molar-refractivity contribution in [2.75, 3.05) is 13.1 Å². The molecule has 0 amide bonds. The monoisotopic (exact) mass is 197 g/mol. The molecule has 0 radical (unpaired) electrons. The molecule has 0 aromatic carbocycles. The van der Waals surface area contributed by atoms with Crippen molar-refractivity contribution in [2.45, 2.75) is 57.6 Å². The Morgan fingerprint density at radius 1 is 1.29 bits per heavy atom. The molecule has 2 aliphatic rings. The van der Waals surface area contributed by atoms with Crippen LogP contribution in [0.3, 0.4) is 0 Å². The fraction of sp³-hybridized carbons (Fsp3) is 1.00. The van der Waals surface area contributed by atoms with Gasteiger partial charge in [0.15, 0.2) is 0 Å². The van der Waals surface area contributed by atoms with Crippen LogP contribution in [0.1, 0.15) is 46.0 Å². The van der Waals surface area contributed by atoms with Gasteiger partial charge in [-0.15, -0.1) is 0 Å². The van der Waals surface area contributed by atoms with E-state index in [2.05, 4.69) is 18.7 Å². The van der Waals surface area contributed by atoms with Gasteiger partial charge in [-0.25, -0.2) is 0 Å². The first kappa shape index (κ1) is 10.4. The number of rotatable bonds is 4. The fourth-order valence-electron chi connectivity index (χ4n) is 2.46. The Bertz CT molecular complexity index is 192. The van der Waals surface area contributed by atoms with Gasteiger partial charge in [-0.1, -0.05) is 12.8 Å². The molecule has 0 aromatic heterocycles. The van der Waals surface area contributed by atoms with Crippen LogP contribution < -0.4 is 0 Å². The molecule has 1 saturated heterocycles. The number of hydrogen-bond acceptors (Lipinski definition) is 2. The van der Waals surface area contributed by atoms with E-state index in [1.165, 1.54) is 38.8 Å². The van der Waals surface area contributed by atoms with Crippen molar-refractivity contribution in [1.29, 1.82) is 0 Å². The molecule has 0 bridgehead atoms. The van der Waals surface area contributed by atoms with Gasteiger partial charge in [-0.05, 0) is 52.1 Å². The molecule has 2 fully saturated rings. The Morgan fingerprint density at radius 3 is 2.36 bits per heavy atom. The van der Waals surface area contributed by atoms with Crippen molar-refractivity contribution in [3.63, 3.8) is 0 Å². The van der Waals surface area contributed by atoms with Crippen molar-refractivity contribution in [3.05, 3.63) is 0 Å². The minimum Gasteiger partial charge on any atom is -0.391 e. The lowest BCUT2D eigenvalue weighted by molar-refractivity contribution is -0.00496. The largest absolute Gasteiger partial charge is 0.391 e. The van der Waals surface area contributed by atoms with Gasteiger partial charge >= 0.3 is 0 Å². The Morgan fingerprint density at radius 2 is 1.86 bits per heavy atom. The third-order valence-electron chi connectivity index (χ3n) is 3.99. The van der Waals surface area contributed by atoms with Gasteiger partial charge in [0.1, 0.15) is 0 Å². The maximum Gasteiger partial charge on any atom is 0.0721 e. The zero-order valence-electron chi connectivity index (χ0n) is 9.50. The van der Waals surface area contributed by atoms with Crippen molar-refractivity contribution in [3.8, 4) is 0 Å². The Labute approximate surface area is 87.3 Å². The third-order valence-corrected chi connectivity index (χ3v) is 3.99. The number of hydrogen-bond donors (Lipinski definition) is 1. The molecule has 1 atom stereocenters. The second-order valence-electron chi connectivity index (χ2n) is 5.54. The maximum atomic E-state index is 10.2. The lowest BCUT2D eigenvalue weighted by Crippen LogP contribution is -2.51. The SMILES string of the molecule is CC(C)(C(O)CC1CC1)N1CCCC1. The highest BCUT2D eigenvalue weighted by Crippen LogP contribution is 2.37. The fourth-order valence-corrected chi connectivity index (χ4v) is 2.46. The first-order chi connectivity index (χ1) is 6.60. The molecule has 1 heterocycles. The summed E-state index contributed by atoms with van der Waals surface area (Å²) < 4.78 is 0. The van der Waals surface area contributed by atoms with E-state index in [1.807, 2.05) is 0 Å². The Balaban J connectivity index is 1.90. The number of aliphatic hydroxyl groups is 1. The quantitative estimate of drug-likeness (QED) is 0.745. The smallest absolute Gasteiger partial charge is 0.0721 e. The molecular weight excluding hydrogens is 174 g/mol. The zero-order chi connectivity index (χ0) is 10.2. The summed E-state index contributed by atoms with van der Waals surface area (Å²) in [5.74, 6) is 0.826. The van der Waals surface area contributed by atoms with Gasteiger partial charge in [0.2, 0.25) is 0 Å². The van der Waals surface area contributed by atoms with Gasteiger partial charge in [0, 0.05) is 5.54 Å². The normalized spacial score (nSPS) is 26.8. The van der Waals surface area contributed by atoms with E-state index in [1.54, 1.807) is 0 Å². The highest BCUT2D eigenvalue weighted by molar-refractivity contribution is 4.93. The second-order valence-corrected chi connectivity index (χ2v) is 5.54. The summed E-state index contributed by atoms with van der Waals surface area (Å²) in [5, 5.41) is 10.2. The molecule has 2 rings (SSSR count). The van der Waals surface area contributed by atoms with Gasteiger partial charge in [-0.2, -0.15) is 0 Å². The van der Waals surface area contributed by atoms with E-state index in [-0.39, 0.29) is 11.6 Å². The van der Waals surface area contributed by atoms with Gasteiger partial charge in [-0.3, -0.25) is 4.90 Å². The summed E-state index contributed by atoms with van der Waals surface area (Å²) in [7, 11) is 0. The summed E-state index contributed by atoms with van der Waals surface area (Å²) in [5.41, 5.74) is -0.000903. The standard InChI is InChI=1S/C12H23NO/c1-12(2,13-7-3-4-8-13)11(14)9-10-5-6-10/h10-11,14H,3-9H2,1-2H3. The number of likely N-dealkylation sites (tertiary alicyclic amines) is 1. The van der Waals surface area contributed by atoms with Crippen LogP contribution in [0.25, 0.3) is 0 Å². The van der Waals surface area contributed by atoms with Crippen LogP contribution >= 0.6 is 0 Å². The summed E-state index contributed by atoms with van der Waals surface area (Å²) in [6.07, 6.45) is 6.18. The lowest BCUT2D eigenvalue weighted by atomic mass is 9.91. The Kier molecular flexibility index (Phi) is 2.85. The van der Waals surface area contributed by atoms with Gasteiger partial charge in [0.25, 0.3) is 0 Å². The highest BCUT2D eigenvalue weighted by atomic mass is 16.3. The molecule has 1 aliphatic carbocycles. The van der Waals surface area contributed by atoms with Crippen LogP contribution in [0.5, 0.6) is 0 Å². The summed E-state index contributed by atoms with van der Waals surface area (Å²) >= 11 is 0. The van der Waals surface area contributed by atoms with Crippen LogP contribution in [-0.2, 0) is 0 Å². The number of nitrogens with zero attached hydrogens (tertiary/aromatic N) is 1. The lowest BCUT2D eigenvalue weighted by Gasteiger charge is -2.39. The first-order valence-corrected chi connectivity index (χ1v) is 6.04. The average Bonchev–Trinajstić information content (AvgIpc) is 2.79. The molecule has 0 aromatic rings. The molecule has 2 heteroatoms. The minimum absolute atomic E-state index is 0.000903. The molecule has 1 N–H and O–H groups in total. The van der Waals surface area contributed by atoms with Gasteiger partial charge in [0.05, 0.1) is 6.10 Å². The molecule has 82 valence electrons. The van der Waals surface area contributed by atoms with E-state index >= 15 is 0 Å². The Hall–Kier alpha value is -0.0800. The van der Waals surface area contributed by atoms with E-state index < -0.39 is 0 Å². The predicted molar refractivity (Wildman–Crippen MR) is 58.2 cm³/mol. The predicted octanol–water partition coefficient (Wildman–Crippen LogP) is 2.02.